The van der Waals surface area contributed by atoms with Crippen LogP contribution in [0.1, 0.15) is 52.1 Å². The lowest BCUT2D eigenvalue weighted by atomic mass is 9.93. The maximum absolute atomic E-state index is 11.5. The maximum atomic E-state index is 11.5. The third kappa shape index (κ3) is 6.99. The quantitative estimate of drug-likeness (QED) is 0.314. The molecule has 0 saturated heterocycles. The van der Waals surface area contributed by atoms with Gasteiger partial charge < -0.3 is 35.9 Å². The van der Waals surface area contributed by atoms with E-state index in [-0.39, 0.29) is 12.1 Å². The Morgan fingerprint density at radius 3 is 2.69 bits per heavy atom. The fourth-order valence-corrected chi connectivity index (χ4v) is 4.97. The molecule has 1 amide bonds. The number of rotatable bonds is 9. The second-order valence-corrected chi connectivity index (χ2v) is 10.9. The smallest absolute Gasteiger partial charge is 0.225 e. The van der Waals surface area contributed by atoms with Crippen molar-refractivity contribution in [3.05, 3.63) is 30.1 Å². The average Bonchev–Trinajstić information content (AvgIpc) is 3.21. The molecule has 0 aromatic carbocycles. The first-order valence-corrected chi connectivity index (χ1v) is 13.0. The molecule has 4 rings (SSSR count). The fraction of sp³-hybridized carbons (Fsp3) is 0.542. The average molecular weight is 514 g/mol. The number of carbonyl (C=O) groups excluding carboxylic acids is 1. The standard InChI is InChI=1S/C24H34N8O3S/c1-24(2,3)32(23(34)35)12-11-25-14-16-13-19(31-22-29-18-5-4-10-26-20(18)36-22)30-21(28-16)27-15-6-8-17(33)9-7-15/h4-5,10,13,15,17,25,33H,6-9,11-12,14H2,1-3H3,(H,34,35)(H2,27,28,29,30,31)/p-1. The van der Waals surface area contributed by atoms with Crippen LogP contribution in [0.25, 0.3) is 10.3 Å². The highest BCUT2D eigenvalue weighted by Gasteiger charge is 2.21. The monoisotopic (exact) mass is 513 g/mol. The van der Waals surface area contributed by atoms with Gasteiger partial charge in [0.05, 0.1) is 11.8 Å². The number of aliphatic hydroxyl groups is 1. The van der Waals surface area contributed by atoms with Crippen molar-refractivity contribution in [2.75, 3.05) is 23.7 Å². The summed E-state index contributed by atoms with van der Waals surface area (Å²) in [7, 11) is 0. The second kappa shape index (κ2) is 11.3. The van der Waals surface area contributed by atoms with Gasteiger partial charge in [0, 0.05) is 43.5 Å². The van der Waals surface area contributed by atoms with E-state index < -0.39 is 11.6 Å². The molecule has 1 saturated carbocycles. The number of nitrogens with zero attached hydrogens (tertiary/aromatic N) is 5. The van der Waals surface area contributed by atoms with Crippen molar-refractivity contribution in [2.45, 2.75) is 70.7 Å². The third-order valence-corrected chi connectivity index (χ3v) is 6.95. The molecule has 4 N–H and O–H groups in total. The van der Waals surface area contributed by atoms with E-state index in [4.69, 9.17) is 0 Å². The number of aromatic nitrogens is 4. The van der Waals surface area contributed by atoms with Crippen LogP contribution in [0.5, 0.6) is 0 Å². The van der Waals surface area contributed by atoms with E-state index in [9.17, 15) is 15.0 Å². The Morgan fingerprint density at radius 2 is 2.00 bits per heavy atom. The van der Waals surface area contributed by atoms with E-state index in [0.717, 1.165) is 41.7 Å². The summed E-state index contributed by atoms with van der Waals surface area (Å²) >= 11 is 1.44. The van der Waals surface area contributed by atoms with Gasteiger partial charge in [-0.1, -0.05) is 11.3 Å². The van der Waals surface area contributed by atoms with E-state index in [2.05, 4.69) is 35.9 Å². The van der Waals surface area contributed by atoms with Crippen molar-refractivity contribution in [3.63, 3.8) is 0 Å². The number of carboxylic acid groups (broad SMARTS) is 1. The Kier molecular flexibility index (Phi) is 8.17. The first-order valence-electron chi connectivity index (χ1n) is 12.2. The molecule has 0 bridgehead atoms. The van der Waals surface area contributed by atoms with E-state index in [1.807, 2.05) is 39.0 Å². The van der Waals surface area contributed by atoms with Gasteiger partial charge in [0.2, 0.25) is 5.95 Å². The molecule has 0 unspecified atom stereocenters. The molecule has 3 aromatic rings. The number of thiazole rings is 1. The first-order chi connectivity index (χ1) is 17.2. The van der Waals surface area contributed by atoms with Crippen LogP contribution in [0, 0.1) is 0 Å². The van der Waals surface area contributed by atoms with Crippen LogP contribution >= 0.6 is 11.3 Å². The van der Waals surface area contributed by atoms with Crippen molar-refractivity contribution in [2.24, 2.45) is 0 Å². The summed E-state index contributed by atoms with van der Waals surface area (Å²) in [6.07, 6.45) is 3.53. The van der Waals surface area contributed by atoms with Crippen LogP contribution in [0.2, 0.25) is 0 Å². The molecular formula is C24H33N8O3S-. The molecule has 0 aliphatic heterocycles. The molecule has 1 aliphatic carbocycles. The zero-order valence-electron chi connectivity index (χ0n) is 20.8. The number of pyridine rings is 1. The van der Waals surface area contributed by atoms with E-state index in [1.54, 1.807) is 6.20 Å². The molecule has 3 aromatic heterocycles. The highest BCUT2D eigenvalue weighted by molar-refractivity contribution is 7.21. The highest BCUT2D eigenvalue weighted by Crippen LogP contribution is 2.27. The summed E-state index contributed by atoms with van der Waals surface area (Å²) in [5.41, 5.74) is 1.03. The van der Waals surface area contributed by atoms with Gasteiger partial charge in [-0.05, 0) is 58.6 Å². The van der Waals surface area contributed by atoms with Gasteiger partial charge in [-0.2, -0.15) is 4.98 Å². The number of hydrogen-bond donors (Lipinski definition) is 4. The number of carbonyl (C=O) groups is 1. The van der Waals surface area contributed by atoms with Crippen LogP contribution in [-0.2, 0) is 6.54 Å². The van der Waals surface area contributed by atoms with Crippen LogP contribution in [0.3, 0.4) is 0 Å². The number of nitrogens with one attached hydrogen (secondary N) is 3. The van der Waals surface area contributed by atoms with Crippen molar-refractivity contribution in [1.82, 2.24) is 30.2 Å². The van der Waals surface area contributed by atoms with E-state index in [0.29, 0.717) is 36.5 Å². The molecule has 3 heterocycles. The van der Waals surface area contributed by atoms with Crippen LogP contribution in [0.15, 0.2) is 24.4 Å². The minimum Gasteiger partial charge on any atom is -0.530 e. The van der Waals surface area contributed by atoms with Crippen molar-refractivity contribution in [1.29, 1.82) is 0 Å². The maximum Gasteiger partial charge on any atom is 0.225 e. The normalized spacial score (nSPS) is 18.2. The summed E-state index contributed by atoms with van der Waals surface area (Å²) in [5.74, 6) is 1.11. The molecule has 1 aliphatic rings. The zero-order valence-corrected chi connectivity index (χ0v) is 21.6. The fourth-order valence-electron chi connectivity index (χ4n) is 4.16. The Labute approximate surface area is 214 Å². The number of amides is 1. The second-order valence-electron chi connectivity index (χ2n) is 9.95. The topological polar surface area (TPSA) is 151 Å². The minimum atomic E-state index is -1.19. The van der Waals surface area contributed by atoms with Crippen LogP contribution < -0.4 is 21.1 Å². The van der Waals surface area contributed by atoms with Gasteiger partial charge in [-0.25, -0.2) is 15.0 Å². The van der Waals surface area contributed by atoms with E-state index in [1.165, 1.54) is 16.2 Å². The number of fused-ring (bicyclic) bond motifs is 1. The summed E-state index contributed by atoms with van der Waals surface area (Å²) in [4.78, 5) is 31.9. The van der Waals surface area contributed by atoms with Gasteiger partial charge in [0.1, 0.15) is 22.3 Å². The summed E-state index contributed by atoms with van der Waals surface area (Å²) in [6, 6.07) is 5.81. The highest BCUT2D eigenvalue weighted by atomic mass is 32.1. The molecule has 11 nitrogen and oxygen atoms in total. The molecule has 12 heteroatoms. The molecule has 0 radical (unpaired) electrons. The van der Waals surface area contributed by atoms with Crippen molar-refractivity contribution < 1.29 is 15.0 Å². The zero-order chi connectivity index (χ0) is 25.7. The lowest BCUT2D eigenvalue weighted by molar-refractivity contribution is -0.270. The summed E-state index contributed by atoms with van der Waals surface area (Å²) in [6.45, 7) is 6.70. The lowest BCUT2D eigenvalue weighted by Gasteiger charge is -2.37. The lowest BCUT2D eigenvalue weighted by Crippen LogP contribution is -2.53. The van der Waals surface area contributed by atoms with Gasteiger partial charge in [0.15, 0.2) is 5.13 Å². The van der Waals surface area contributed by atoms with E-state index >= 15 is 0 Å². The Balaban J connectivity index is 1.46. The van der Waals surface area contributed by atoms with Crippen LogP contribution in [0.4, 0.5) is 21.7 Å². The summed E-state index contributed by atoms with van der Waals surface area (Å²) in [5, 5.41) is 31.9. The summed E-state index contributed by atoms with van der Waals surface area (Å²) < 4.78 is 0. The molecule has 194 valence electrons. The predicted octanol–water partition coefficient (Wildman–Crippen LogP) is 2.47. The Morgan fingerprint density at radius 1 is 1.22 bits per heavy atom. The van der Waals surface area contributed by atoms with Crippen molar-refractivity contribution >= 4 is 44.7 Å². The third-order valence-electron chi connectivity index (χ3n) is 6.06. The van der Waals surface area contributed by atoms with Gasteiger partial charge in [-0.3, -0.25) is 0 Å². The largest absolute Gasteiger partial charge is 0.530 e. The minimum absolute atomic E-state index is 0.194. The number of anilines is 3. The Hall–Kier alpha value is -3.09. The number of aliphatic hydroxyl groups excluding tert-OH is 1. The first kappa shape index (κ1) is 26.0. The SMILES string of the molecule is CC(C)(C)N(CCNCc1cc(Nc2nc3cccnc3s2)nc(NC2CCC(O)CC2)n1)C(=O)[O-]. The molecule has 0 atom stereocenters. The molecule has 0 spiro atoms. The predicted molar refractivity (Wildman–Crippen MR) is 138 cm³/mol. The number of hydrogen-bond acceptors (Lipinski definition) is 11. The molecular weight excluding hydrogens is 480 g/mol. The van der Waals surface area contributed by atoms with Crippen molar-refractivity contribution in [3.8, 4) is 0 Å². The van der Waals surface area contributed by atoms with Gasteiger partial charge in [0.25, 0.3) is 0 Å². The van der Waals surface area contributed by atoms with Gasteiger partial charge in [-0.15, -0.1) is 0 Å². The van der Waals surface area contributed by atoms with Crippen LogP contribution in [-0.4, -0.2) is 66.8 Å². The van der Waals surface area contributed by atoms with Gasteiger partial charge >= 0.3 is 0 Å². The Bertz CT molecular complexity index is 1140. The molecule has 1 fully saturated rings. The molecule has 36 heavy (non-hydrogen) atoms.